The van der Waals surface area contributed by atoms with Crippen molar-refractivity contribution in [1.29, 1.82) is 0 Å². The third-order valence-electron chi connectivity index (χ3n) is 3.12. The van der Waals surface area contributed by atoms with Crippen LogP contribution >= 0.6 is 0 Å². The van der Waals surface area contributed by atoms with Gasteiger partial charge in [0.25, 0.3) is 0 Å². The van der Waals surface area contributed by atoms with Crippen molar-refractivity contribution in [1.82, 2.24) is 4.72 Å². The Morgan fingerprint density at radius 3 is 2.86 bits per heavy atom. The summed E-state index contributed by atoms with van der Waals surface area (Å²) in [5.41, 5.74) is -0.205. The Hall–Kier alpha value is -1.51. The summed E-state index contributed by atoms with van der Waals surface area (Å²) in [5.74, 6) is -1.59. The van der Waals surface area contributed by atoms with Gasteiger partial charge in [0.1, 0.15) is 5.82 Å². The molecule has 1 atom stereocenters. The Balaban J connectivity index is 2.33. The lowest BCUT2D eigenvalue weighted by atomic mass is 10.1. The summed E-state index contributed by atoms with van der Waals surface area (Å²) < 4.78 is 50.2. The number of hydrogen-bond acceptors (Lipinski definition) is 5. The molecule has 1 N–H and O–H groups in total. The lowest BCUT2D eigenvalue weighted by Gasteiger charge is -2.23. The first-order valence-electron chi connectivity index (χ1n) is 6.42. The van der Waals surface area contributed by atoms with Crippen LogP contribution in [-0.4, -0.2) is 40.8 Å². The number of benzene rings is 1. The fourth-order valence-electron chi connectivity index (χ4n) is 2.11. The molecule has 1 aliphatic rings. The SMILES string of the molecule is COC(=O)c1ccc(F)cc1S(=O)(=O)NC1CCCOC1. The largest absolute Gasteiger partial charge is 0.465 e. The Kier molecular flexibility index (Phi) is 4.92. The Bertz CT molecular complexity index is 625. The van der Waals surface area contributed by atoms with E-state index in [9.17, 15) is 17.6 Å². The number of carbonyl (C=O) groups is 1. The maximum Gasteiger partial charge on any atom is 0.339 e. The van der Waals surface area contributed by atoms with Gasteiger partial charge >= 0.3 is 5.97 Å². The number of methoxy groups -OCH3 is 1. The smallest absolute Gasteiger partial charge is 0.339 e. The van der Waals surface area contributed by atoms with Crippen LogP contribution in [0.15, 0.2) is 23.1 Å². The molecule has 1 heterocycles. The highest BCUT2D eigenvalue weighted by Crippen LogP contribution is 2.20. The zero-order valence-electron chi connectivity index (χ0n) is 11.5. The predicted molar refractivity (Wildman–Crippen MR) is 71.9 cm³/mol. The van der Waals surface area contributed by atoms with Crippen LogP contribution < -0.4 is 4.72 Å². The molecule has 1 aliphatic heterocycles. The van der Waals surface area contributed by atoms with Crippen LogP contribution in [0.3, 0.4) is 0 Å². The number of hydrogen-bond donors (Lipinski definition) is 1. The number of rotatable bonds is 4. The van der Waals surface area contributed by atoms with E-state index in [1.165, 1.54) is 0 Å². The summed E-state index contributed by atoms with van der Waals surface area (Å²) in [4.78, 5) is 11.2. The molecule has 1 unspecified atom stereocenters. The second kappa shape index (κ2) is 6.50. The summed E-state index contributed by atoms with van der Waals surface area (Å²) in [6.07, 6.45) is 1.36. The minimum Gasteiger partial charge on any atom is -0.465 e. The fraction of sp³-hybridized carbons (Fsp3) is 0.462. The number of carbonyl (C=O) groups excluding carboxylic acids is 1. The molecule has 6 nitrogen and oxygen atoms in total. The van der Waals surface area contributed by atoms with Gasteiger partial charge in [0.05, 0.1) is 24.2 Å². The number of halogens is 1. The molecular formula is C13H16FNO5S. The second-order valence-corrected chi connectivity index (χ2v) is 6.35. The molecule has 0 aromatic heterocycles. The number of nitrogens with one attached hydrogen (secondary N) is 1. The third kappa shape index (κ3) is 3.78. The molecule has 1 saturated heterocycles. The van der Waals surface area contributed by atoms with Gasteiger partial charge in [-0.1, -0.05) is 0 Å². The highest BCUT2D eigenvalue weighted by molar-refractivity contribution is 7.89. The van der Waals surface area contributed by atoms with E-state index in [4.69, 9.17) is 4.74 Å². The molecule has 0 saturated carbocycles. The molecular weight excluding hydrogens is 301 g/mol. The Labute approximate surface area is 122 Å². The van der Waals surface area contributed by atoms with Crippen molar-refractivity contribution in [3.05, 3.63) is 29.6 Å². The van der Waals surface area contributed by atoms with Crippen LogP contribution in [0.4, 0.5) is 4.39 Å². The lowest BCUT2D eigenvalue weighted by Crippen LogP contribution is -2.41. The van der Waals surface area contributed by atoms with Crippen molar-refractivity contribution in [2.75, 3.05) is 20.3 Å². The predicted octanol–water partition coefficient (Wildman–Crippen LogP) is 1.07. The highest BCUT2D eigenvalue weighted by Gasteiger charge is 2.27. The van der Waals surface area contributed by atoms with E-state index >= 15 is 0 Å². The number of esters is 1. The first-order valence-corrected chi connectivity index (χ1v) is 7.90. The maximum atomic E-state index is 13.4. The molecule has 1 fully saturated rings. The average Bonchev–Trinajstić information content (AvgIpc) is 2.47. The molecule has 0 spiro atoms. The van der Waals surface area contributed by atoms with Crippen LogP contribution in [0.5, 0.6) is 0 Å². The number of sulfonamides is 1. The minimum absolute atomic E-state index is 0.205. The number of ether oxygens (including phenoxy) is 2. The van der Waals surface area contributed by atoms with Crippen molar-refractivity contribution in [2.24, 2.45) is 0 Å². The average molecular weight is 317 g/mol. The van der Waals surface area contributed by atoms with Gasteiger partial charge in [-0.3, -0.25) is 0 Å². The van der Waals surface area contributed by atoms with Gasteiger partial charge in [-0.05, 0) is 31.0 Å². The third-order valence-corrected chi connectivity index (χ3v) is 4.68. The quantitative estimate of drug-likeness (QED) is 0.840. The molecule has 21 heavy (non-hydrogen) atoms. The van der Waals surface area contributed by atoms with Crippen molar-refractivity contribution < 1.29 is 27.1 Å². The topological polar surface area (TPSA) is 81.7 Å². The van der Waals surface area contributed by atoms with Gasteiger partial charge in [0.15, 0.2) is 0 Å². The Morgan fingerprint density at radius 2 is 2.24 bits per heavy atom. The van der Waals surface area contributed by atoms with Gasteiger partial charge in [-0.15, -0.1) is 0 Å². The monoisotopic (exact) mass is 317 g/mol. The summed E-state index contributed by atoms with van der Waals surface area (Å²) in [5, 5.41) is 0. The molecule has 1 aromatic carbocycles. The zero-order valence-corrected chi connectivity index (χ0v) is 12.3. The van der Waals surface area contributed by atoms with E-state index in [2.05, 4.69) is 9.46 Å². The lowest BCUT2D eigenvalue weighted by molar-refractivity contribution is 0.0596. The first-order chi connectivity index (χ1) is 9.94. The highest BCUT2D eigenvalue weighted by atomic mass is 32.2. The Morgan fingerprint density at radius 1 is 1.48 bits per heavy atom. The fourth-order valence-corrected chi connectivity index (χ4v) is 3.57. The van der Waals surface area contributed by atoms with E-state index in [1.807, 2.05) is 0 Å². The first kappa shape index (κ1) is 15.9. The summed E-state index contributed by atoms with van der Waals surface area (Å²) >= 11 is 0. The molecule has 2 rings (SSSR count). The van der Waals surface area contributed by atoms with E-state index in [0.29, 0.717) is 13.0 Å². The van der Waals surface area contributed by atoms with E-state index in [1.54, 1.807) is 0 Å². The van der Waals surface area contributed by atoms with Crippen molar-refractivity contribution in [3.63, 3.8) is 0 Å². The van der Waals surface area contributed by atoms with Gasteiger partial charge in [0, 0.05) is 12.6 Å². The van der Waals surface area contributed by atoms with Crippen molar-refractivity contribution >= 4 is 16.0 Å². The molecule has 0 bridgehead atoms. The summed E-state index contributed by atoms with van der Waals surface area (Å²) in [6.45, 7) is 0.841. The van der Waals surface area contributed by atoms with Gasteiger partial charge in [0.2, 0.25) is 10.0 Å². The van der Waals surface area contributed by atoms with Crippen LogP contribution in [0.2, 0.25) is 0 Å². The molecule has 1 aromatic rings. The van der Waals surface area contributed by atoms with Crippen molar-refractivity contribution in [2.45, 2.75) is 23.8 Å². The maximum absolute atomic E-state index is 13.4. The zero-order chi connectivity index (χ0) is 15.5. The van der Waals surface area contributed by atoms with E-state index < -0.39 is 32.7 Å². The van der Waals surface area contributed by atoms with Crippen LogP contribution in [-0.2, 0) is 19.5 Å². The van der Waals surface area contributed by atoms with Gasteiger partial charge < -0.3 is 9.47 Å². The van der Waals surface area contributed by atoms with Crippen LogP contribution in [0.25, 0.3) is 0 Å². The molecule has 8 heteroatoms. The van der Waals surface area contributed by atoms with Gasteiger partial charge in [-0.2, -0.15) is 0 Å². The molecule has 0 aliphatic carbocycles. The summed E-state index contributed by atoms with van der Waals surface area (Å²) in [6, 6.07) is 2.51. The van der Waals surface area contributed by atoms with Crippen molar-refractivity contribution in [3.8, 4) is 0 Å². The normalized spacial score (nSPS) is 19.2. The van der Waals surface area contributed by atoms with E-state index in [0.717, 1.165) is 31.7 Å². The minimum atomic E-state index is -4.04. The standard InChI is InChI=1S/C13H16FNO5S/c1-19-13(16)11-5-4-9(14)7-12(11)21(17,18)15-10-3-2-6-20-8-10/h4-5,7,10,15H,2-3,6,8H2,1H3. The van der Waals surface area contributed by atoms with E-state index in [-0.39, 0.29) is 12.2 Å². The van der Waals surface area contributed by atoms with Crippen LogP contribution in [0, 0.1) is 5.82 Å². The summed E-state index contributed by atoms with van der Waals surface area (Å²) in [7, 11) is -2.91. The molecule has 116 valence electrons. The molecule has 0 amide bonds. The van der Waals surface area contributed by atoms with Crippen LogP contribution in [0.1, 0.15) is 23.2 Å². The second-order valence-electron chi connectivity index (χ2n) is 4.67. The molecule has 0 radical (unpaired) electrons. The van der Waals surface area contributed by atoms with Gasteiger partial charge in [-0.25, -0.2) is 22.3 Å².